The molecule has 2 aromatic rings. The van der Waals surface area contributed by atoms with Crippen LogP contribution in [0.15, 0.2) is 35.1 Å². The van der Waals surface area contributed by atoms with E-state index >= 15 is 0 Å². The van der Waals surface area contributed by atoms with Crippen LogP contribution >= 0.6 is 15.9 Å². The fourth-order valence-electron chi connectivity index (χ4n) is 2.62. The Morgan fingerprint density at radius 3 is 2.80 bits per heavy atom. The van der Waals surface area contributed by atoms with Crippen LogP contribution in [0.4, 0.5) is 0 Å². The van der Waals surface area contributed by atoms with Crippen LogP contribution in [0.2, 0.25) is 0 Å². The van der Waals surface area contributed by atoms with Crippen LogP contribution in [0.1, 0.15) is 23.0 Å². The van der Waals surface area contributed by atoms with E-state index in [1.807, 2.05) is 35.9 Å². The molecule has 1 aromatic heterocycles. The maximum Gasteiger partial charge on any atom is 0.321 e. The van der Waals surface area contributed by atoms with E-state index in [-0.39, 0.29) is 6.04 Å². The van der Waals surface area contributed by atoms with Crippen molar-refractivity contribution in [3.8, 4) is 0 Å². The number of carbonyl (C=O) groups is 1. The molecule has 104 valence electrons. The highest BCUT2D eigenvalue weighted by Crippen LogP contribution is 2.30. The molecule has 5 nitrogen and oxygen atoms in total. The summed E-state index contributed by atoms with van der Waals surface area (Å²) in [7, 11) is 1.93. The Kier molecular flexibility index (Phi) is 3.35. The van der Waals surface area contributed by atoms with Crippen molar-refractivity contribution >= 4 is 21.9 Å². The number of benzene rings is 1. The Balaban J connectivity index is 2.06. The highest BCUT2D eigenvalue weighted by Gasteiger charge is 2.33. The number of aryl methyl sites for hydroxylation is 1. The number of imidazole rings is 1. The molecule has 0 radical (unpaired) electrons. The molecule has 2 atom stereocenters. The molecule has 1 aliphatic heterocycles. The zero-order valence-corrected chi connectivity index (χ0v) is 12.5. The van der Waals surface area contributed by atoms with Gasteiger partial charge in [-0.05, 0) is 17.7 Å². The number of nitrogens with zero attached hydrogens (tertiary/aromatic N) is 2. The predicted molar refractivity (Wildman–Crippen MR) is 77.5 cm³/mol. The van der Waals surface area contributed by atoms with Crippen molar-refractivity contribution in [2.75, 3.05) is 0 Å². The molecule has 1 aromatic carbocycles. The SMILES string of the molecule is Cn1cnc2c1C(c1ccc(Br)cc1)NC(C(=O)O)C2. The molecular formula is C14H14BrN3O2. The summed E-state index contributed by atoms with van der Waals surface area (Å²) in [6, 6.07) is 7.13. The molecule has 2 N–H and O–H groups in total. The number of carboxylic acids is 1. The highest BCUT2D eigenvalue weighted by molar-refractivity contribution is 9.10. The Labute approximate surface area is 124 Å². The molecule has 0 spiro atoms. The molecule has 2 heterocycles. The van der Waals surface area contributed by atoms with Crippen molar-refractivity contribution in [2.24, 2.45) is 7.05 Å². The Morgan fingerprint density at radius 1 is 1.45 bits per heavy atom. The largest absolute Gasteiger partial charge is 0.480 e. The number of fused-ring (bicyclic) bond motifs is 1. The monoisotopic (exact) mass is 335 g/mol. The van der Waals surface area contributed by atoms with Gasteiger partial charge in [0.15, 0.2) is 0 Å². The van der Waals surface area contributed by atoms with E-state index in [1.54, 1.807) is 6.33 Å². The smallest absolute Gasteiger partial charge is 0.321 e. The number of rotatable bonds is 2. The molecule has 20 heavy (non-hydrogen) atoms. The molecule has 3 rings (SSSR count). The molecule has 1 aliphatic rings. The molecule has 0 bridgehead atoms. The summed E-state index contributed by atoms with van der Waals surface area (Å²) in [4.78, 5) is 15.6. The topological polar surface area (TPSA) is 67.2 Å². The summed E-state index contributed by atoms with van der Waals surface area (Å²) < 4.78 is 2.95. The lowest BCUT2D eigenvalue weighted by Gasteiger charge is -2.29. The molecular weight excluding hydrogens is 322 g/mol. The lowest BCUT2D eigenvalue weighted by atomic mass is 9.94. The van der Waals surface area contributed by atoms with Gasteiger partial charge in [0, 0.05) is 17.9 Å². The van der Waals surface area contributed by atoms with E-state index in [1.165, 1.54) is 0 Å². The molecule has 2 unspecified atom stereocenters. The Bertz CT molecular complexity index is 651. The molecule has 0 amide bonds. The Hall–Kier alpha value is -1.66. The van der Waals surface area contributed by atoms with Crippen LogP contribution in [-0.4, -0.2) is 26.7 Å². The van der Waals surface area contributed by atoms with Gasteiger partial charge in [-0.1, -0.05) is 28.1 Å². The molecule has 0 fully saturated rings. The zero-order valence-electron chi connectivity index (χ0n) is 10.9. The lowest BCUT2D eigenvalue weighted by Crippen LogP contribution is -2.45. The van der Waals surface area contributed by atoms with Gasteiger partial charge in [0.25, 0.3) is 0 Å². The summed E-state index contributed by atoms with van der Waals surface area (Å²) in [6.07, 6.45) is 2.15. The van der Waals surface area contributed by atoms with Gasteiger partial charge in [-0.25, -0.2) is 4.98 Å². The lowest BCUT2D eigenvalue weighted by molar-refractivity contribution is -0.139. The second kappa shape index (κ2) is 5.03. The Morgan fingerprint density at radius 2 is 2.15 bits per heavy atom. The quantitative estimate of drug-likeness (QED) is 0.879. The van der Waals surface area contributed by atoms with Crippen molar-refractivity contribution in [3.05, 3.63) is 52.0 Å². The van der Waals surface area contributed by atoms with Crippen LogP contribution in [0.5, 0.6) is 0 Å². The van der Waals surface area contributed by atoms with Crippen molar-refractivity contribution < 1.29 is 9.90 Å². The van der Waals surface area contributed by atoms with E-state index in [0.29, 0.717) is 6.42 Å². The molecule has 0 saturated carbocycles. The van der Waals surface area contributed by atoms with E-state index in [4.69, 9.17) is 0 Å². The van der Waals surface area contributed by atoms with Crippen LogP contribution < -0.4 is 5.32 Å². The number of hydrogen-bond donors (Lipinski definition) is 2. The van der Waals surface area contributed by atoms with Crippen molar-refractivity contribution in [1.82, 2.24) is 14.9 Å². The van der Waals surface area contributed by atoms with E-state index < -0.39 is 12.0 Å². The number of carboxylic acid groups (broad SMARTS) is 1. The molecule has 0 aliphatic carbocycles. The van der Waals surface area contributed by atoms with Crippen LogP contribution in [-0.2, 0) is 18.3 Å². The summed E-state index contributed by atoms with van der Waals surface area (Å²) in [5.74, 6) is -0.844. The predicted octanol–water partition coefficient (Wildman–Crippen LogP) is 1.87. The number of halogens is 1. The zero-order chi connectivity index (χ0) is 14.3. The summed E-state index contributed by atoms with van der Waals surface area (Å²) in [5, 5.41) is 12.5. The van der Waals surface area contributed by atoms with Crippen LogP contribution in [0.3, 0.4) is 0 Å². The van der Waals surface area contributed by atoms with Gasteiger partial charge in [0.1, 0.15) is 6.04 Å². The number of aliphatic carboxylic acids is 1. The first kappa shape index (κ1) is 13.3. The van der Waals surface area contributed by atoms with Gasteiger partial charge in [0.2, 0.25) is 0 Å². The highest BCUT2D eigenvalue weighted by atomic mass is 79.9. The van der Waals surface area contributed by atoms with Crippen molar-refractivity contribution in [3.63, 3.8) is 0 Å². The summed E-state index contributed by atoms with van der Waals surface area (Å²) in [6.45, 7) is 0. The third-order valence-corrected chi connectivity index (χ3v) is 4.13. The second-order valence-electron chi connectivity index (χ2n) is 4.93. The van der Waals surface area contributed by atoms with Gasteiger partial charge in [-0.15, -0.1) is 0 Å². The normalized spacial score (nSPS) is 21.5. The fourth-order valence-corrected chi connectivity index (χ4v) is 2.88. The number of aromatic nitrogens is 2. The average Bonchev–Trinajstić information content (AvgIpc) is 2.80. The number of hydrogen-bond acceptors (Lipinski definition) is 3. The first-order valence-corrected chi connectivity index (χ1v) is 7.10. The summed E-state index contributed by atoms with van der Waals surface area (Å²) >= 11 is 3.41. The maximum absolute atomic E-state index is 11.3. The standard InChI is InChI=1S/C14H14BrN3O2/c1-18-7-16-10-6-11(14(19)20)17-12(13(10)18)8-2-4-9(15)5-3-8/h2-5,7,11-12,17H,6H2,1H3,(H,19,20). The average molecular weight is 336 g/mol. The van der Waals surface area contributed by atoms with Crippen LogP contribution in [0, 0.1) is 0 Å². The molecule has 6 heteroatoms. The van der Waals surface area contributed by atoms with E-state index in [9.17, 15) is 9.90 Å². The second-order valence-corrected chi connectivity index (χ2v) is 5.85. The first-order chi connectivity index (χ1) is 9.56. The van der Waals surface area contributed by atoms with Crippen molar-refractivity contribution in [2.45, 2.75) is 18.5 Å². The third-order valence-electron chi connectivity index (χ3n) is 3.60. The number of nitrogens with one attached hydrogen (secondary N) is 1. The van der Waals surface area contributed by atoms with Gasteiger partial charge in [-0.2, -0.15) is 0 Å². The van der Waals surface area contributed by atoms with Gasteiger partial charge < -0.3 is 9.67 Å². The fraction of sp³-hybridized carbons (Fsp3) is 0.286. The maximum atomic E-state index is 11.3. The van der Waals surface area contributed by atoms with Gasteiger partial charge in [0.05, 0.1) is 23.8 Å². The van der Waals surface area contributed by atoms with Crippen molar-refractivity contribution in [1.29, 1.82) is 0 Å². The van der Waals surface area contributed by atoms with Gasteiger partial charge >= 0.3 is 5.97 Å². The first-order valence-electron chi connectivity index (χ1n) is 6.30. The minimum Gasteiger partial charge on any atom is -0.480 e. The third kappa shape index (κ3) is 2.25. The van der Waals surface area contributed by atoms with E-state index in [0.717, 1.165) is 21.4 Å². The van der Waals surface area contributed by atoms with Gasteiger partial charge in [-0.3, -0.25) is 10.1 Å². The van der Waals surface area contributed by atoms with Crippen LogP contribution in [0.25, 0.3) is 0 Å². The van der Waals surface area contributed by atoms with E-state index in [2.05, 4.69) is 26.2 Å². The summed E-state index contributed by atoms with van der Waals surface area (Å²) in [5.41, 5.74) is 2.92. The minimum absolute atomic E-state index is 0.152. The minimum atomic E-state index is -0.844. The molecule has 0 saturated heterocycles.